The van der Waals surface area contributed by atoms with Crippen molar-refractivity contribution < 1.29 is 0 Å². The van der Waals surface area contributed by atoms with Gasteiger partial charge in [-0.15, -0.1) is 5.10 Å². The van der Waals surface area contributed by atoms with E-state index in [0.29, 0.717) is 20.5 Å². The Balaban J connectivity index is 2.28. The van der Waals surface area contributed by atoms with Crippen LogP contribution in [0.5, 0.6) is 0 Å². The van der Waals surface area contributed by atoms with E-state index >= 15 is 0 Å². The molecule has 2 heterocycles. The van der Waals surface area contributed by atoms with Crippen LogP contribution in [0, 0.1) is 6.92 Å². The number of nitrogens with zero attached hydrogens (tertiary/aromatic N) is 4. The summed E-state index contributed by atoms with van der Waals surface area (Å²) in [6, 6.07) is 0. The van der Waals surface area contributed by atoms with Gasteiger partial charge in [-0.05, 0) is 34.6 Å². The predicted molar refractivity (Wildman–Crippen MR) is 59.4 cm³/mol. The van der Waals surface area contributed by atoms with E-state index in [-0.39, 0.29) is 0 Å². The second-order valence-corrected chi connectivity index (χ2v) is 4.43. The molecular formula is C7H7BrN6S. The third kappa shape index (κ3) is 2.26. The molecule has 2 rings (SSSR count). The van der Waals surface area contributed by atoms with Crippen molar-refractivity contribution in [2.75, 3.05) is 5.73 Å². The Labute approximate surface area is 98.2 Å². The summed E-state index contributed by atoms with van der Waals surface area (Å²) in [5, 5.41) is 8.04. The molecule has 0 saturated carbocycles. The highest BCUT2D eigenvalue weighted by atomic mass is 79.9. The molecule has 0 spiro atoms. The van der Waals surface area contributed by atoms with E-state index in [1.54, 1.807) is 0 Å². The van der Waals surface area contributed by atoms with Crippen LogP contribution in [0.1, 0.15) is 5.82 Å². The van der Waals surface area contributed by atoms with Crippen molar-refractivity contribution in [3.05, 3.63) is 16.6 Å². The third-order valence-corrected chi connectivity index (χ3v) is 3.46. The second-order valence-electron chi connectivity index (χ2n) is 2.68. The Morgan fingerprint density at radius 1 is 1.47 bits per heavy atom. The van der Waals surface area contributed by atoms with E-state index < -0.39 is 0 Å². The number of halogens is 1. The molecule has 3 N–H and O–H groups in total. The molecule has 0 atom stereocenters. The average molecular weight is 287 g/mol. The quantitative estimate of drug-likeness (QED) is 0.811. The monoisotopic (exact) mass is 286 g/mol. The standard InChI is InChI=1S/C7H7BrN6S/c1-3-12-7(14-13-3)15-6-4(8)5(9)10-2-11-6/h2H,1H3,(H2,9,10,11)(H,12,13,14). The summed E-state index contributed by atoms with van der Waals surface area (Å²) >= 11 is 4.63. The van der Waals surface area contributed by atoms with Crippen molar-refractivity contribution in [3.8, 4) is 0 Å². The van der Waals surface area contributed by atoms with Crippen molar-refractivity contribution in [2.45, 2.75) is 17.1 Å². The first-order valence-corrected chi connectivity index (χ1v) is 5.60. The minimum atomic E-state index is 0.403. The van der Waals surface area contributed by atoms with Crippen LogP contribution in [-0.2, 0) is 0 Å². The largest absolute Gasteiger partial charge is 0.383 e. The minimum absolute atomic E-state index is 0.403. The molecule has 0 aliphatic rings. The molecule has 6 nitrogen and oxygen atoms in total. The molecule has 0 bridgehead atoms. The molecular weight excluding hydrogens is 280 g/mol. The Kier molecular flexibility index (Phi) is 2.87. The number of aromatic amines is 1. The van der Waals surface area contributed by atoms with Gasteiger partial charge in [0.1, 0.15) is 23.0 Å². The second kappa shape index (κ2) is 4.15. The molecule has 0 aliphatic carbocycles. The number of nitrogens with two attached hydrogens (primary N) is 1. The first-order chi connectivity index (χ1) is 7.16. The molecule has 8 heteroatoms. The van der Waals surface area contributed by atoms with Crippen LogP contribution in [0.3, 0.4) is 0 Å². The van der Waals surface area contributed by atoms with Crippen molar-refractivity contribution in [2.24, 2.45) is 0 Å². The lowest BCUT2D eigenvalue weighted by Gasteiger charge is -2.00. The SMILES string of the molecule is Cc1nc(Sc2ncnc(N)c2Br)n[nH]1. The van der Waals surface area contributed by atoms with Crippen LogP contribution >= 0.6 is 27.7 Å². The van der Waals surface area contributed by atoms with E-state index in [4.69, 9.17) is 5.73 Å². The van der Waals surface area contributed by atoms with Crippen molar-refractivity contribution in [1.29, 1.82) is 0 Å². The van der Waals surface area contributed by atoms with Gasteiger partial charge in [-0.1, -0.05) is 0 Å². The van der Waals surface area contributed by atoms with Gasteiger partial charge in [-0.3, -0.25) is 5.10 Å². The van der Waals surface area contributed by atoms with E-state index in [2.05, 4.69) is 41.1 Å². The van der Waals surface area contributed by atoms with Gasteiger partial charge in [0.2, 0.25) is 5.16 Å². The first kappa shape index (κ1) is 10.4. The fraction of sp³-hybridized carbons (Fsp3) is 0.143. The number of rotatable bonds is 2. The lowest BCUT2D eigenvalue weighted by Crippen LogP contribution is -1.94. The molecule has 0 aromatic carbocycles. The van der Waals surface area contributed by atoms with Crippen LogP contribution in [0.4, 0.5) is 5.82 Å². The third-order valence-electron chi connectivity index (χ3n) is 1.55. The summed E-state index contributed by atoms with van der Waals surface area (Å²) in [6.07, 6.45) is 1.40. The van der Waals surface area contributed by atoms with Gasteiger partial charge in [0.25, 0.3) is 0 Å². The first-order valence-electron chi connectivity index (χ1n) is 3.99. The molecule has 0 saturated heterocycles. The zero-order valence-electron chi connectivity index (χ0n) is 7.73. The van der Waals surface area contributed by atoms with Crippen LogP contribution in [-0.4, -0.2) is 25.1 Å². The number of nitrogen functional groups attached to an aromatic ring is 1. The van der Waals surface area contributed by atoms with E-state index in [1.165, 1.54) is 18.1 Å². The van der Waals surface area contributed by atoms with Crippen molar-refractivity contribution in [1.82, 2.24) is 25.1 Å². The number of aromatic nitrogens is 5. The normalized spacial score (nSPS) is 10.5. The molecule has 78 valence electrons. The summed E-state index contributed by atoms with van der Waals surface area (Å²) in [7, 11) is 0. The fourth-order valence-corrected chi connectivity index (χ4v) is 2.08. The maximum Gasteiger partial charge on any atom is 0.214 e. The van der Waals surface area contributed by atoms with Crippen molar-refractivity contribution >= 4 is 33.5 Å². The minimum Gasteiger partial charge on any atom is -0.383 e. The van der Waals surface area contributed by atoms with Gasteiger partial charge in [0, 0.05) is 0 Å². The van der Waals surface area contributed by atoms with Gasteiger partial charge >= 0.3 is 0 Å². The number of hydrogen-bond donors (Lipinski definition) is 2. The molecule has 0 amide bonds. The molecule has 2 aromatic rings. The van der Waals surface area contributed by atoms with Gasteiger partial charge < -0.3 is 5.73 Å². The van der Waals surface area contributed by atoms with Gasteiger partial charge in [0.05, 0.1) is 4.47 Å². The van der Waals surface area contributed by atoms with E-state index in [1.807, 2.05) is 6.92 Å². The van der Waals surface area contributed by atoms with Gasteiger partial charge in [-0.2, -0.15) is 0 Å². The lowest BCUT2D eigenvalue weighted by atomic mass is 10.6. The maximum absolute atomic E-state index is 5.62. The number of anilines is 1. The summed E-state index contributed by atoms with van der Waals surface area (Å²) < 4.78 is 0.664. The topological polar surface area (TPSA) is 93.4 Å². The van der Waals surface area contributed by atoms with Gasteiger partial charge in [-0.25, -0.2) is 15.0 Å². The Bertz CT molecular complexity index is 484. The average Bonchev–Trinajstić information content (AvgIpc) is 2.59. The van der Waals surface area contributed by atoms with Crippen LogP contribution in [0.2, 0.25) is 0 Å². The highest BCUT2D eigenvalue weighted by Gasteiger charge is 2.10. The fourth-order valence-electron chi connectivity index (χ4n) is 0.892. The number of nitrogens with one attached hydrogen (secondary N) is 1. The lowest BCUT2D eigenvalue weighted by molar-refractivity contribution is 0.958. The van der Waals surface area contributed by atoms with Crippen molar-refractivity contribution in [3.63, 3.8) is 0 Å². The van der Waals surface area contributed by atoms with Crippen LogP contribution in [0.25, 0.3) is 0 Å². The van der Waals surface area contributed by atoms with E-state index in [9.17, 15) is 0 Å². The highest BCUT2D eigenvalue weighted by molar-refractivity contribution is 9.10. The Morgan fingerprint density at radius 2 is 2.27 bits per heavy atom. The summed E-state index contributed by atoms with van der Waals surface area (Å²) in [5.74, 6) is 1.16. The molecule has 0 radical (unpaired) electrons. The molecule has 2 aromatic heterocycles. The molecule has 0 fully saturated rings. The molecule has 0 unspecified atom stereocenters. The number of H-pyrrole nitrogens is 1. The zero-order chi connectivity index (χ0) is 10.8. The number of aryl methyl sites for hydroxylation is 1. The van der Waals surface area contributed by atoms with Gasteiger partial charge in [0.15, 0.2) is 0 Å². The summed E-state index contributed by atoms with van der Waals surface area (Å²) in [6.45, 7) is 1.83. The Hall–Kier alpha value is -1.15. The van der Waals surface area contributed by atoms with Crippen LogP contribution in [0.15, 0.2) is 21.0 Å². The van der Waals surface area contributed by atoms with Crippen LogP contribution < -0.4 is 5.73 Å². The Morgan fingerprint density at radius 3 is 2.93 bits per heavy atom. The maximum atomic E-state index is 5.62. The highest BCUT2D eigenvalue weighted by Crippen LogP contribution is 2.31. The molecule has 15 heavy (non-hydrogen) atoms. The summed E-state index contributed by atoms with van der Waals surface area (Å²) in [5.41, 5.74) is 5.62. The zero-order valence-corrected chi connectivity index (χ0v) is 10.1. The summed E-state index contributed by atoms with van der Waals surface area (Å²) in [4.78, 5) is 12.1. The van der Waals surface area contributed by atoms with E-state index in [0.717, 1.165) is 5.82 Å². The smallest absolute Gasteiger partial charge is 0.214 e. The predicted octanol–water partition coefficient (Wildman–Crippen LogP) is 1.40. The molecule has 0 aliphatic heterocycles. The number of hydrogen-bond acceptors (Lipinski definition) is 6.